The molecule has 3 rings (SSSR count). The van der Waals surface area contributed by atoms with Crippen LogP contribution in [0.15, 0.2) is 42.5 Å². The molecule has 1 heterocycles. The summed E-state index contributed by atoms with van der Waals surface area (Å²) in [4.78, 5) is 14.6. The third-order valence-corrected chi connectivity index (χ3v) is 6.80. The molecule has 1 aliphatic rings. The molecule has 1 amide bonds. The van der Waals surface area contributed by atoms with Gasteiger partial charge >= 0.3 is 0 Å². The van der Waals surface area contributed by atoms with Crippen LogP contribution in [0.2, 0.25) is 5.02 Å². The number of amides is 1. The number of carbonyl (C=O) groups excluding carboxylic acids is 1. The van der Waals surface area contributed by atoms with Crippen molar-refractivity contribution in [1.82, 2.24) is 4.90 Å². The van der Waals surface area contributed by atoms with Gasteiger partial charge in [0.15, 0.2) is 16.4 Å². The summed E-state index contributed by atoms with van der Waals surface area (Å²) < 4.78 is 29.6. The molecule has 28 heavy (non-hydrogen) atoms. The lowest BCUT2D eigenvalue weighted by Crippen LogP contribution is -2.43. The molecule has 0 aromatic heterocycles. The topological polar surface area (TPSA) is 63.7 Å². The Morgan fingerprint density at radius 2 is 1.79 bits per heavy atom. The van der Waals surface area contributed by atoms with Gasteiger partial charge in [-0.1, -0.05) is 29.8 Å². The van der Waals surface area contributed by atoms with Crippen molar-refractivity contribution in [2.45, 2.75) is 32.9 Å². The van der Waals surface area contributed by atoms with Crippen molar-refractivity contribution in [3.8, 4) is 5.75 Å². The molecule has 7 heteroatoms. The van der Waals surface area contributed by atoms with Crippen molar-refractivity contribution < 1.29 is 17.9 Å². The fourth-order valence-electron chi connectivity index (χ4n) is 3.47. The summed E-state index contributed by atoms with van der Waals surface area (Å²) in [5, 5.41) is 0.614. The Hall–Kier alpha value is -2.05. The molecule has 0 aliphatic carbocycles. The lowest BCUT2D eigenvalue weighted by Gasteiger charge is -2.28. The molecular formula is C21H24ClNO4S. The van der Waals surface area contributed by atoms with Crippen molar-refractivity contribution in [2.75, 3.05) is 18.1 Å². The highest BCUT2D eigenvalue weighted by Gasteiger charge is 2.34. The Morgan fingerprint density at radius 3 is 2.36 bits per heavy atom. The van der Waals surface area contributed by atoms with E-state index >= 15 is 0 Å². The molecule has 0 spiro atoms. The maximum Gasteiger partial charge on any atom is 0.261 e. The Balaban J connectivity index is 1.75. The van der Waals surface area contributed by atoms with E-state index in [4.69, 9.17) is 16.3 Å². The molecule has 1 fully saturated rings. The first-order chi connectivity index (χ1) is 13.2. The van der Waals surface area contributed by atoms with E-state index in [0.29, 0.717) is 23.7 Å². The second kappa shape index (κ2) is 8.53. The number of aryl methyl sites for hydroxylation is 2. The Bertz CT molecular complexity index is 937. The van der Waals surface area contributed by atoms with Gasteiger partial charge in [0, 0.05) is 17.6 Å². The number of benzene rings is 2. The van der Waals surface area contributed by atoms with Gasteiger partial charge in [0.2, 0.25) is 0 Å². The predicted molar refractivity (Wildman–Crippen MR) is 110 cm³/mol. The van der Waals surface area contributed by atoms with Crippen LogP contribution in [0.1, 0.15) is 23.1 Å². The van der Waals surface area contributed by atoms with Crippen LogP contribution in [0.4, 0.5) is 0 Å². The Morgan fingerprint density at radius 1 is 1.14 bits per heavy atom. The van der Waals surface area contributed by atoms with Crippen LogP contribution in [0.25, 0.3) is 0 Å². The molecule has 5 nitrogen and oxygen atoms in total. The number of hydrogen-bond donors (Lipinski definition) is 0. The zero-order chi connectivity index (χ0) is 20.3. The standard InChI is InChI=1S/C21H24ClNO4S/c1-15-9-16(2)11-20(10-15)27-13-21(24)23(19-7-8-28(25,26)14-19)12-17-3-5-18(22)6-4-17/h3-6,9-11,19H,7-8,12-14H2,1-2H3. The van der Waals surface area contributed by atoms with E-state index in [1.165, 1.54) is 0 Å². The fourth-order valence-corrected chi connectivity index (χ4v) is 5.33. The van der Waals surface area contributed by atoms with Crippen LogP contribution in [-0.2, 0) is 21.2 Å². The van der Waals surface area contributed by atoms with Crippen molar-refractivity contribution in [1.29, 1.82) is 0 Å². The lowest BCUT2D eigenvalue weighted by atomic mass is 10.1. The summed E-state index contributed by atoms with van der Waals surface area (Å²) in [5.41, 5.74) is 3.01. The van der Waals surface area contributed by atoms with Crippen LogP contribution in [0.3, 0.4) is 0 Å². The summed E-state index contributed by atoms with van der Waals surface area (Å²) in [5.74, 6) is 0.517. The monoisotopic (exact) mass is 421 g/mol. The minimum absolute atomic E-state index is 0.00408. The first-order valence-electron chi connectivity index (χ1n) is 9.17. The number of carbonyl (C=O) groups is 1. The minimum Gasteiger partial charge on any atom is -0.484 e. The largest absolute Gasteiger partial charge is 0.484 e. The zero-order valence-electron chi connectivity index (χ0n) is 16.0. The molecule has 1 aliphatic heterocycles. The average Bonchev–Trinajstić information content (AvgIpc) is 2.98. The lowest BCUT2D eigenvalue weighted by molar-refractivity contribution is -0.136. The van der Waals surface area contributed by atoms with Crippen LogP contribution < -0.4 is 4.74 Å². The fraction of sp³-hybridized carbons (Fsp3) is 0.381. The van der Waals surface area contributed by atoms with E-state index in [1.54, 1.807) is 17.0 Å². The van der Waals surface area contributed by atoms with Gasteiger partial charge in [0.25, 0.3) is 5.91 Å². The van der Waals surface area contributed by atoms with E-state index < -0.39 is 9.84 Å². The van der Waals surface area contributed by atoms with Gasteiger partial charge in [-0.05, 0) is 61.2 Å². The second-order valence-electron chi connectivity index (χ2n) is 7.32. The van der Waals surface area contributed by atoms with Gasteiger partial charge in [-0.2, -0.15) is 0 Å². The van der Waals surface area contributed by atoms with Gasteiger partial charge in [-0.3, -0.25) is 4.79 Å². The van der Waals surface area contributed by atoms with E-state index in [0.717, 1.165) is 16.7 Å². The van der Waals surface area contributed by atoms with E-state index in [9.17, 15) is 13.2 Å². The van der Waals surface area contributed by atoms with E-state index in [-0.39, 0.29) is 30.1 Å². The van der Waals surface area contributed by atoms with Crippen molar-refractivity contribution >= 4 is 27.3 Å². The molecule has 2 aromatic carbocycles. The normalized spacial score (nSPS) is 18.0. The molecule has 0 radical (unpaired) electrons. The van der Waals surface area contributed by atoms with Gasteiger partial charge < -0.3 is 9.64 Å². The highest BCUT2D eigenvalue weighted by molar-refractivity contribution is 7.91. The van der Waals surface area contributed by atoms with Gasteiger partial charge in [0.05, 0.1) is 11.5 Å². The summed E-state index contributed by atoms with van der Waals surface area (Å²) in [7, 11) is -3.11. The molecule has 0 saturated carbocycles. The predicted octanol–water partition coefficient (Wildman–Crippen LogP) is 3.55. The van der Waals surface area contributed by atoms with Gasteiger partial charge in [-0.25, -0.2) is 8.42 Å². The molecule has 1 saturated heterocycles. The van der Waals surface area contributed by atoms with Crippen molar-refractivity contribution in [2.24, 2.45) is 0 Å². The molecule has 0 N–H and O–H groups in total. The number of rotatable bonds is 6. The SMILES string of the molecule is Cc1cc(C)cc(OCC(=O)N(Cc2ccc(Cl)cc2)C2CCS(=O)(=O)C2)c1. The molecular weight excluding hydrogens is 398 g/mol. The van der Waals surface area contributed by atoms with Crippen LogP contribution in [-0.4, -0.2) is 43.4 Å². The molecule has 2 aromatic rings. The first kappa shape index (κ1) is 20.7. The van der Waals surface area contributed by atoms with Crippen molar-refractivity contribution in [3.05, 3.63) is 64.2 Å². The van der Waals surface area contributed by atoms with Crippen molar-refractivity contribution in [3.63, 3.8) is 0 Å². The Labute approximate surface area is 171 Å². The van der Waals surface area contributed by atoms with E-state index in [1.807, 2.05) is 44.2 Å². The summed E-state index contributed by atoms with van der Waals surface area (Å²) in [6, 6.07) is 12.7. The van der Waals surface area contributed by atoms with Crippen LogP contribution in [0, 0.1) is 13.8 Å². The van der Waals surface area contributed by atoms with Gasteiger partial charge in [0.1, 0.15) is 5.75 Å². The number of ether oxygens (including phenoxy) is 1. The smallest absolute Gasteiger partial charge is 0.261 e. The number of hydrogen-bond acceptors (Lipinski definition) is 4. The number of sulfone groups is 1. The van der Waals surface area contributed by atoms with Crippen LogP contribution >= 0.6 is 11.6 Å². The number of halogens is 1. The third-order valence-electron chi connectivity index (χ3n) is 4.79. The summed E-state index contributed by atoms with van der Waals surface area (Å²) in [6.07, 6.45) is 0.450. The Kier molecular flexibility index (Phi) is 6.30. The minimum atomic E-state index is -3.11. The van der Waals surface area contributed by atoms with Crippen LogP contribution in [0.5, 0.6) is 5.75 Å². The highest BCUT2D eigenvalue weighted by atomic mass is 35.5. The summed E-state index contributed by atoms with van der Waals surface area (Å²) in [6.45, 7) is 4.13. The van der Waals surface area contributed by atoms with Gasteiger partial charge in [-0.15, -0.1) is 0 Å². The molecule has 0 bridgehead atoms. The average molecular weight is 422 g/mol. The quantitative estimate of drug-likeness (QED) is 0.715. The molecule has 1 unspecified atom stereocenters. The van der Waals surface area contributed by atoms with E-state index in [2.05, 4.69) is 0 Å². The first-order valence-corrected chi connectivity index (χ1v) is 11.4. The highest BCUT2D eigenvalue weighted by Crippen LogP contribution is 2.22. The molecule has 1 atom stereocenters. The third kappa shape index (κ3) is 5.49. The second-order valence-corrected chi connectivity index (χ2v) is 9.98. The number of nitrogens with zero attached hydrogens (tertiary/aromatic N) is 1. The zero-order valence-corrected chi connectivity index (χ0v) is 17.6. The molecule has 150 valence electrons. The summed E-state index contributed by atoms with van der Waals surface area (Å²) >= 11 is 5.94. The maximum absolute atomic E-state index is 12.9. The maximum atomic E-state index is 12.9.